The van der Waals surface area contributed by atoms with E-state index < -0.39 is 0 Å². The predicted molar refractivity (Wildman–Crippen MR) is 106 cm³/mol. The number of pyridine rings is 2. The van der Waals surface area contributed by atoms with Crippen molar-refractivity contribution in [2.45, 2.75) is 6.92 Å². The van der Waals surface area contributed by atoms with Crippen molar-refractivity contribution in [3.8, 4) is 33.8 Å². The molecule has 0 fully saturated rings. The zero-order valence-corrected chi connectivity index (χ0v) is 15.1. The van der Waals surface area contributed by atoms with Crippen LogP contribution in [-0.4, -0.2) is 26.6 Å². The van der Waals surface area contributed by atoms with Gasteiger partial charge in [0.25, 0.3) is 0 Å². The molecule has 0 unspecified atom stereocenters. The van der Waals surface area contributed by atoms with Crippen molar-refractivity contribution in [2.75, 3.05) is 12.8 Å². The Balaban J connectivity index is 1.83. The van der Waals surface area contributed by atoms with E-state index >= 15 is 0 Å². The van der Waals surface area contributed by atoms with Crippen LogP contribution in [0.25, 0.3) is 28.1 Å². The average molecular weight is 357 g/mol. The topological polar surface area (TPSA) is 78.8 Å². The van der Waals surface area contributed by atoms with Gasteiger partial charge in [-0.3, -0.25) is 9.55 Å². The summed E-state index contributed by atoms with van der Waals surface area (Å²) in [4.78, 5) is 12.7. The van der Waals surface area contributed by atoms with Gasteiger partial charge >= 0.3 is 0 Å². The summed E-state index contributed by atoms with van der Waals surface area (Å²) in [7, 11) is 1.58. The van der Waals surface area contributed by atoms with E-state index in [4.69, 9.17) is 10.5 Å². The van der Waals surface area contributed by atoms with Crippen molar-refractivity contribution in [1.82, 2.24) is 19.5 Å². The van der Waals surface area contributed by atoms with E-state index in [0.717, 1.165) is 33.6 Å². The molecule has 0 saturated carbocycles. The number of hydrogen-bond donors (Lipinski definition) is 1. The van der Waals surface area contributed by atoms with E-state index in [1.807, 2.05) is 29.0 Å². The second-order valence-corrected chi connectivity index (χ2v) is 6.20. The second-order valence-electron chi connectivity index (χ2n) is 6.20. The molecule has 0 amide bonds. The van der Waals surface area contributed by atoms with Crippen molar-refractivity contribution in [3.05, 3.63) is 73.1 Å². The van der Waals surface area contributed by atoms with Gasteiger partial charge in [0.05, 0.1) is 31.0 Å². The molecule has 0 saturated heterocycles. The van der Waals surface area contributed by atoms with Gasteiger partial charge in [0, 0.05) is 24.2 Å². The van der Waals surface area contributed by atoms with E-state index in [9.17, 15) is 0 Å². The summed E-state index contributed by atoms with van der Waals surface area (Å²) in [5.74, 6) is 0.908. The molecule has 27 heavy (non-hydrogen) atoms. The summed E-state index contributed by atoms with van der Waals surface area (Å²) in [6, 6.07) is 12.2. The Kier molecular flexibility index (Phi) is 4.30. The molecule has 0 aliphatic rings. The molecule has 6 nitrogen and oxygen atoms in total. The first kappa shape index (κ1) is 16.8. The molecule has 0 atom stereocenters. The molecule has 0 aliphatic heterocycles. The number of aromatic nitrogens is 4. The van der Waals surface area contributed by atoms with Crippen LogP contribution in [0.5, 0.6) is 5.75 Å². The van der Waals surface area contributed by atoms with E-state index in [2.05, 4.69) is 40.1 Å². The molecule has 6 heteroatoms. The van der Waals surface area contributed by atoms with Gasteiger partial charge in [-0.2, -0.15) is 0 Å². The minimum Gasteiger partial charge on any atom is -0.493 e. The molecule has 3 heterocycles. The third-order valence-corrected chi connectivity index (χ3v) is 4.52. The lowest BCUT2D eigenvalue weighted by molar-refractivity contribution is 0.415. The van der Waals surface area contributed by atoms with Gasteiger partial charge < -0.3 is 10.5 Å². The summed E-state index contributed by atoms with van der Waals surface area (Å²) in [6.07, 6.45) is 8.93. The smallest absolute Gasteiger partial charge is 0.166 e. The molecular weight excluding hydrogens is 338 g/mol. The van der Waals surface area contributed by atoms with Crippen LogP contribution in [0.3, 0.4) is 0 Å². The first-order valence-corrected chi connectivity index (χ1v) is 8.51. The van der Waals surface area contributed by atoms with Crippen LogP contribution < -0.4 is 10.5 Å². The van der Waals surface area contributed by atoms with Crippen molar-refractivity contribution >= 4 is 5.82 Å². The molecular formula is C21H19N5O. The number of methoxy groups -OCH3 is 1. The number of nitrogen functional groups attached to an aromatic ring is 1. The summed E-state index contributed by atoms with van der Waals surface area (Å²) in [5, 5.41) is 0. The van der Waals surface area contributed by atoms with Crippen LogP contribution >= 0.6 is 0 Å². The van der Waals surface area contributed by atoms with Gasteiger partial charge in [-0.05, 0) is 47.9 Å². The summed E-state index contributed by atoms with van der Waals surface area (Å²) < 4.78 is 7.36. The molecule has 4 aromatic rings. The number of rotatable bonds is 4. The van der Waals surface area contributed by atoms with Gasteiger partial charge in [-0.25, -0.2) is 9.97 Å². The Morgan fingerprint density at radius 3 is 2.52 bits per heavy atom. The highest BCUT2D eigenvalue weighted by molar-refractivity contribution is 5.70. The van der Waals surface area contributed by atoms with Gasteiger partial charge in [0.15, 0.2) is 11.6 Å². The summed E-state index contributed by atoms with van der Waals surface area (Å²) in [5.41, 5.74) is 12.1. The highest BCUT2D eigenvalue weighted by atomic mass is 16.5. The van der Waals surface area contributed by atoms with Crippen molar-refractivity contribution in [3.63, 3.8) is 0 Å². The third-order valence-electron chi connectivity index (χ3n) is 4.52. The number of nitrogens with zero attached hydrogens (tertiary/aromatic N) is 4. The SMILES string of the molecule is COc1cc(-c2cncn2-c2cc(-c3ccncc3)ccc2C)cnc1N. The number of benzene rings is 1. The number of aryl methyl sites for hydroxylation is 1. The van der Waals surface area contributed by atoms with Gasteiger partial charge in [0.1, 0.15) is 0 Å². The highest BCUT2D eigenvalue weighted by Gasteiger charge is 2.13. The number of ether oxygens (including phenoxy) is 1. The second kappa shape index (κ2) is 6.92. The number of imidazole rings is 1. The normalized spacial score (nSPS) is 10.7. The maximum absolute atomic E-state index is 5.85. The molecule has 0 aliphatic carbocycles. The van der Waals surface area contributed by atoms with Crippen LogP contribution in [0.1, 0.15) is 5.56 Å². The lowest BCUT2D eigenvalue weighted by Gasteiger charge is -2.14. The van der Waals surface area contributed by atoms with Gasteiger partial charge in [0.2, 0.25) is 0 Å². The molecule has 4 rings (SSSR count). The Hall–Kier alpha value is -3.67. The first-order valence-electron chi connectivity index (χ1n) is 8.51. The quantitative estimate of drug-likeness (QED) is 0.599. The summed E-state index contributed by atoms with van der Waals surface area (Å²) in [6.45, 7) is 2.08. The largest absolute Gasteiger partial charge is 0.493 e. The van der Waals surface area contributed by atoms with E-state index in [1.54, 1.807) is 32.0 Å². The standard InChI is InChI=1S/C21H19N5O/c1-14-3-4-16(15-5-7-23-8-6-15)9-18(14)26-13-24-12-19(26)17-10-20(27-2)21(22)25-11-17/h3-13H,1-2H3,(H2,22,25). The summed E-state index contributed by atoms with van der Waals surface area (Å²) >= 11 is 0. The molecule has 0 bridgehead atoms. The Morgan fingerprint density at radius 1 is 0.926 bits per heavy atom. The lowest BCUT2D eigenvalue weighted by Crippen LogP contribution is -2.00. The minimum absolute atomic E-state index is 0.364. The van der Waals surface area contributed by atoms with Crippen LogP contribution in [0.2, 0.25) is 0 Å². The number of nitrogens with two attached hydrogens (primary N) is 1. The van der Waals surface area contributed by atoms with Crippen molar-refractivity contribution in [1.29, 1.82) is 0 Å². The van der Waals surface area contributed by atoms with Gasteiger partial charge in [-0.1, -0.05) is 12.1 Å². The zero-order chi connectivity index (χ0) is 18.8. The van der Waals surface area contributed by atoms with Crippen LogP contribution in [-0.2, 0) is 0 Å². The van der Waals surface area contributed by atoms with Crippen molar-refractivity contribution < 1.29 is 4.74 Å². The first-order chi connectivity index (χ1) is 13.2. The third kappa shape index (κ3) is 3.13. The van der Waals surface area contributed by atoms with Crippen molar-refractivity contribution in [2.24, 2.45) is 0 Å². The fraction of sp³-hybridized carbons (Fsp3) is 0.0952. The molecule has 134 valence electrons. The Morgan fingerprint density at radius 2 is 1.74 bits per heavy atom. The predicted octanol–water partition coefficient (Wildman–Crippen LogP) is 3.90. The minimum atomic E-state index is 0.364. The maximum atomic E-state index is 5.85. The molecule has 3 aromatic heterocycles. The molecule has 2 N–H and O–H groups in total. The van der Waals surface area contributed by atoms with Crippen LogP contribution in [0.4, 0.5) is 5.82 Å². The van der Waals surface area contributed by atoms with Crippen LogP contribution in [0.15, 0.2) is 67.5 Å². The molecule has 0 radical (unpaired) electrons. The average Bonchev–Trinajstić information content (AvgIpc) is 3.19. The Bertz CT molecular complexity index is 1090. The van der Waals surface area contributed by atoms with E-state index in [-0.39, 0.29) is 0 Å². The lowest BCUT2D eigenvalue weighted by atomic mass is 10.0. The fourth-order valence-corrected chi connectivity index (χ4v) is 3.05. The molecule has 1 aromatic carbocycles. The molecule has 0 spiro atoms. The van der Waals surface area contributed by atoms with E-state index in [0.29, 0.717) is 11.6 Å². The van der Waals surface area contributed by atoms with E-state index in [1.165, 1.54) is 0 Å². The number of hydrogen-bond acceptors (Lipinski definition) is 5. The monoisotopic (exact) mass is 357 g/mol. The fourth-order valence-electron chi connectivity index (χ4n) is 3.05. The van der Waals surface area contributed by atoms with Crippen LogP contribution in [0, 0.1) is 6.92 Å². The zero-order valence-electron chi connectivity index (χ0n) is 15.1. The maximum Gasteiger partial charge on any atom is 0.166 e. The highest BCUT2D eigenvalue weighted by Crippen LogP contribution is 2.31. The number of anilines is 1. The van der Waals surface area contributed by atoms with Gasteiger partial charge in [-0.15, -0.1) is 0 Å². The Labute approximate surface area is 157 Å².